The highest BCUT2D eigenvalue weighted by Gasteiger charge is 2.22. The number of rotatable bonds is 8. The molecule has 0 fully saturated rings. The Kier molecular flexibility index (Phi) is 9.27. The number of thiocarbonyl (C=S) groups is 1. The summed E-state index contributed by atoms with van der Waals surface area (Å²) < 4.78 is 39.1. The Morgan fingerprint density at radius 2 is 1.42 bits per heavy atom. The second kappa shape index (κ2) is 12.4. The van der Waals surface area contributed by atoms with Crippen LogP contribution >= 0.6 is 44.1 Å². The second-order valence-corrected chi connectivity index (χ2v) is 12.1. The lowest BCUT2D eigenvalue weighted by atomic mass is 10.1. The largest absolute Gasteiger partial charge is 0.340 e. The van der Waals surface area contributed by atoms with E-state index in [1.165, 1.54) is 24.3 Å². The molecular formula is C27H23Br2FN4O2S2. The molecule has 4 rings (SSSR count). The molecule has 6 nitrogen and oxygen atoms in total. The van der Waals surface area contributed by atoms with Crippen molar-refractivity contribution < 1.29 is 12.8 Å². The molecule has 0 aliphatic heterocycles. The molecule has 0 spiro atoms. The van der Waals surface area contributed by atoms with Gasteiger partial charge in [0.05, 0.1) is 11.4 Å². The van der Waals surface area contributed by atoms with Gasteiger partial charge in [0.1, 0.15) is 5.82 Å². The van der Waals surface area contributed by atoms with Gasteiger partial charge >= 0.3 is 0 Å². The van der Waals surface area contributed by atoms with Gasteiger partial charge in [-0.2, -0.15) is 0 Å². The lowest BCUT2D eigenvalue weighted by Gasteiger charge is -2.34. The minimum Gasteiger partial charge on any atom is -0.340 e. The maximum Gasteiger partial charge on any atom is 0.238 e. The Morgan fingerprint density at radius 1 is 0.842 bits per heavy atom. The van der Waals surface area contributed by atoms with Crippen molar-refractivity contribution in [1.82, 2.24) is 9.88 Å². The van der Waals surface area contributed by atoms with Crippen molar-refractivity contribution >= 4 is 64.9 Å². The number of halogens is 3. The Balaban J connectivity index is 1.76. The molecule has 38 heavy (non-hydrogen) atoms. The van der Waals surface area contributed by atoms with Crippen LogP contribution in [0.1, 0.15) is 16.7 Å². The van der Waals surface area contributed by atoms with Gasteiger partial charge in [0.15, 0.2) is 5.11 Å². The van der Waals surface area contributed by atoms with Crippen LogP contribution in [-0.2, 0) is 29.7 Å². The first-order valence-corrected chi connectivity index (χ1v) is 14.9. The molecule has 0 unspecified atom stereocenters. The number of benzene rings is 3. The van der Waals surface area contributed by atoms with Crippen LogP contribution in [0.5, 0.6) is 0 Å². The summed E-state index contributed by atoms with van der Waals surface area (Å²) in [5, 5.41) is 5.80. The van der Waals surface area contributed by atoms with E-state index in [2.05, 4.69) is 36.8 Å². The van der Waals surface area contributed by atoms with Crippen molar-refractivity contribution in [3.8, 4) is 0 Å². The zero-order valence-corrected chi connectivity index (χ0v) is 24.8. The highest BCUT2D eigenvalue weighted by Crippen LogP contribution is 2.29. The van der Waals surface area contributed by atoms with E-state index >= 15 is 0 Å². The number of aromatic nitrogens is 1. The van der Waals surface area contributed by atoms with E-state index in [1.807, 2.05) is 40.1 Å². The highest BCUT2D eigenvalue weighted by molar-refractivity contribution is 9.11. The van der Waals surface area contributed by atoms with E-state index in [0.717, 1.165) is 25.6 Å². The second-order valence-electron chi connectivity index (χ2n) is 8.45. The van der Waals surface area contributed by atoms with E-state index in [-0.39, 0.29) is 10.7 Å². The molecule has 0 radical (unpaired) electrons. The molecule has 0 aliphatic rings. The quantitative estimate of drug-likeness (QED) is 0.218. The van der Waals surface area contributed by atoms with Gasteiger partial charge < -0.3 is 9.80 Å². The van der Waals surface area contributed by atoms with Crippen LogP contribution in [0.2, 0.25) is 0 Å². The van der Waals surface area contributed by atoms with Gasteiger partial charge in [0, 0.05) is 40.1 Å². The lowest BCUT2D eigenvalue weighted by molar-refractivity contribution is 0.403. The summed E-state index contributed by atoms with van der Waals surface area (Å²) in [5.41, 5.74) is 3.51. The number of hydrogen-bond acceptors (Lipinski definition) is 4. The number of primary sulfonamides is 1. The minimum atomic E-state index is -3.86. The van der Waals surface area contributed by atoms with E-state index in [4.69, 9.17) is 17.4 Å². The van der Waals surface area contributed by atoms with E-state index < -0.39 is 10.0 Å². The van der Waals surface area contributed by atoms with Gasteiger partial charge in [-0.05, 0) is 89.6 Å². The molecule has 4 aromatic rings. The summed E-state index contributed by atoms with van der Waals surface area (Å²) in [7, 11) is -3.86. The van der Waals surface area contributed by atoms with Crippen LogP contribution in [0.25, 0.3) is 0 Å². The highest BCUT2D eigenvalue weighted by atomic mass is 79.9. The zero-order valence-electron chi connectivity index (χ0n) is 20.0. The summed E-state index contributed by atoms with van der Waals surface area (Å²) in [6, 6.07) is 22.1. The molecule has 2 N–H and O–H groups in total. The molecule has 0 aliphatic carbocycles. The molecule has 196 valence electrons. The minimum absolute atomic E-state index is 0.000288. The number of anilines is 1. The summed E-state index contributed by atoms with van der Waals surface area (Å²) in [5.74, 6) is -0.335. The topological polar surface area (TPSA) is 79.5 Å². The normalized spacial score (nSPS) is 11.3. The third-order valence-electron chi connectivity index (χ3n) is 5.77. The maximum absolute atomic E-state index is 13.6. The van der Waals surface area contributed by atoms with Crippen molar-refractivity contribution in [1.29, 1.82) is 0 Å². The molecule has 3 aromatic carbocycles. The van der Waals surface area contributed by atoms with Crippen LogP contribution in [0.4, 0.5) is 10.1 Å². The Hall–Kier alpha value is -2.70. The van der Waals surface area contributed by atoms with Crippen LogP contribution in [-0.4, -0.2) is 23.4 Å². The van der Waals surface area contributed by atoms with E-state index in [1.54, 1.807) is 36.7 Å². The maximum atomic E-state index is 13.6. The first-order valence-electron chi connectivity index (χ1n) is 11.4. The average molecular weight is 678 g/mol. The fraction of sp³-hybridized carbons (Fsp3) is 0.111. The van der Waals surface area contributed by atoms with Gasteiger partial charge in [0.2, 0.25) is 10.0 Å². The summed E-state index contributed by atoms with van der Waals surface area (Å²) in [6.45, 7) is 1.29. The van der Waals surface area contributed by atoms with Gasteiger partial charge in [0.25, 0.3) is 0 Å². The van der Waals surface area contributed by atoms with Crippen molar-refractivity contribution in [2.24, 2.45) is 5.14 Å². The smallest absolute Gasteiger partial charge is 0.238 e. The van der Waals surface area contributed by atoms with Crippen molar-refractivity contribution in [2.45, 2.75) is 24.5 Å². The van der Waals surface area contributed by atoms with E-state index in [0.29, 0.717) is 30.4 Å². The molecular weight excluding hydrogens is 655 g/mol. The van der Waals surface area contributed by atoms with Crippen LogP contribution in [0, 0.1) is 5.82 Å². The number of hydrogen-bond donors (Lipinski definition) is 1. The number of nitrogens with zero attached hydrogens (tertiary/aromatic N) is 3. The van der Waals surface area contributed by atoms with Gasteiger partial charge in [-0.3, -0.25) is 4.98 Å². The molecule has 1 aromatic heterocycles. The fourth-order valence-electron chi connectivity index (χ4n) is 3.80. The van der Waals surface area contributed by atoms with Crippen LogP contribution in [0.15, 0.2) is 105 Å². The predicted molar refractivity (Wildman–Crippen MR) is 158 cm³/mol. The molecule has 0 bridgehead atoms. The van der Waals surface area contributed by atoms with Gasteiger partial charge in [-0.15, -0.1) is 0 Å². The van der Waals surface area contributed by atoms with Gasteiger partial charge in [-0.25, -0.2) is 17.9 Å². The SMILES string of the molecule is NS(=O)(=O)c1ccc(N(Cc2ccc(F)cc2)C(=S)N(Cc2ccncc2)Cc2c(Br)cccc2Br)cc1. The Morgan fingerprint density at radius 3 is 2.00 bits per heavy atom. The third-order valence-corrected chi connectivity index (χ3v) is 8.66. The first-order chi connectivity index (χ1) is 18.1. The molecule has 1 heterocycles. The summed E-state index contributed by atoms with van der Waals surface area (Å²) >= 11 is 13.4. The molecule has 0 atom stereocenters. The first kappa shape index (κ1) is 28.3. The fourth-order valence-corrected chi connectivity index (χ4v) is 5.87. The van der Waals surface area contributed by atoms with E-state index in [9.17, 15) is 12.8 Å². The number of pyridine rings is 1. The Labute approximate surface area is 243 Å². The molecule has 0 amide bonds. The standard InChI is InChI=1S/C27H23Br2FN4O2S2/c28-25-2-1-3-26(29)24(25)18-33(16-20-12-14-32-15-13-20)27(37)34(17-19-4-6-21(30)7-5-19)22-8-10-23(11-9-22)38(31,35)36/h1-15H,16-18H2,(H2,31,35,36). The molecule has 0 saturated carbocycles. The zero-order chi connectivity index (χ0) is 27.3. The number of nitrogens with two attached hydrogens (primary N) is 1. The lowest BCUT2D eigenvalue weighted by Crippen LogP contribution is -2.42. The van der Waals surface area contributed by atoms with Crippen molar-refractivity contribution in [2.75, 3.05) is 4.90 Å². The number of sulfonamides is 1. The monoisotopic (exact) mass is 676 g/mol. The summed E-state index contributed by atoms with van der Waals surface area (Å²) in [6.07, 6.45) is 3.46. The van der Waals surface area contributed by atoms with Crippen molar-refractivity contribution in [3.63, 3.8) is 0 Å². The van der Waals surface area contributed by atoms with Crippen molar-refractivity contribution in [3.05, 3.63) is 123 Å². The Bertz CT molecular complexity index is 1500. The van der Waals surface area contributed by atoms with Crippen LogP contribution < -0.4 is 10.0 Å². The predicted octanol–water partition coefficient (Wildman–Crippen LogP) is 6.39. The van der Waals surface area contributed by atoms with Gasteiger partial charge in [-0.1, -0.05) is 50.1 Å². The summed E-state index contributed by atoms with van der Waals surface area (Å²) in [4.78, 5) is 8.05. The average Bonchev–Trinajstić information content (AvgIpc) is 2.90. The third kappa shape index (κ3) is 7.23. The van der Waals surface area contributed by atoms with Crippen LogP contribution in [0.3, 0.4) is 0 Å². The molecule has 0 saturated heterocycles. The molecule has 11 heteroatoms.